The predicted molar refractivity (Wildman–Crippen MR) is 72.9 cm³/mol. The van der Waals surface area contributed by atoms with Gasteiger partial charge >= 0.3 is 0 Å². The van der Waals surface area contributed by atoms with E-state index in [-0.39, 0.29) is 11.6 Å². The van der Waals surface area contributed by atoms with Crippen molar-refractivity contribution < 1.29 is 4.79 Å². The molecule has 0 saturated carbocycles. The molecule has 0 radical (unpaired) electrons. The highest BCUT2D eigenvalue weighted by atomic mass is 16.1. The van der Waals surface area contributed by atoms with E-state index >= 15 is 0 Å². The predicted octanol–water partition coefficient (Wildman–Crippen LogP) is 3.14. The minimum atomic E-state index is -0.325. The van der Waals surface area contributed by atoms with Gasteiger partial charge in [0.25, 0.3) is 0 Å². The van der Waals surface area contributed by atoms with Crippen LogP contribution in [0.1, 0.15) is 19.8 Å². The number of carbonyl (C=O) groups is 1. The lowest BCUT2D eigenvalue weighted by Crippen LogP contribution is -2.15. The van der Waals surface area contributed by atoms with Crippen molar-refractivity contribution in [2.45, 2.75) is 25.4 Å². The molecule has 0 aliphatic carbocycles. The third-order valence-corrected chi connectivity index (χ3v) is 3.17. The van der Waals surface area contributed by atoms with Crippen LogP contribution in [0.15, 0.2) is 46.8 Å². The normalized spacial score (nSPS) is 15.4. The van der Waals surface area contributed by atoms with Crippen LogP contribution in [0, 0.1) is 0 Å². The fourth-order valence-corrected chi connectivity index (χ4v) is 1.95. The molecule has 1 aromatic carbocycles. The SMILES string of the molecule is CC1(CCC(=O)Nc2cccc3cccnc23)N=N1. The number of carbonyl (C=O) groups excluding carboxylic acids is 1. The van der Waals surface area contributed by atoms with Gasteiger partial charge in [0.2, 0.25) is 5.91 Å². The number of hydrogen-bond donors (Lipinski definition) is 1. The van der Waals surface area contributed by atoms with Gasteiger partial charge in [-0.25, -0.2) is 0 Å². The van der Waals surface area contributed by atoms with Gasteiger partial charge in [0.15, 0.2) is 5.66 Å². The number of rotatable bonds is 4. The zero-order valence-corrected chi connectivity index (χ0v) is 10.6. The molecule has 0 saturated heterocycles. The number of pyridine rings is 1. The van der Waals surface area contributed by atoms with Gasteiger partial charge in [-0.1, -0.05) is 18.2 Å². The lowest BCUT2D eigenvalue weighted by atomic mass is 10.1. The number of amides is 1. The Kier molecular flexibility index (Phi) is 2.74. The maximum Gasteiger partial charge on any atom is 0.224 e. The van der Waals surface area contributed by atoms with E-state index in [1.165, 1.54) is 0 Å². The molecule has 1 aliphatic heterocycles. The average molecular weight is 254 g/mol. The lowest BCUT2D eigenvalue weighted by Gasteiger charge is -2.08. The van der Waals surface area contributed by atoms with Crippen LogP contribution >= 0.6 is 0 Å². The highest BCUT2D eigenvalue weighted by molar-refractivity contribution is 6.00. The molecule has 1 amide bonds. The number of nitrogens with zero attached hydrogens (tertiary/aromatic N) is 3. The lowest BCUT2D eigenvalue weighted by molar-refractivity contribution is -0.116. The summed E-state index contributed by atoms with van der Waals surface area (Å²) in [5.74, 6) is -0.0309. The zero-order valence-electron chi connectivity index (χ0n) is 10.6. The summed E-state index contributed by atoms with van der Waals surface area (Å²) in [4.78, 5) is 16.2. The fourth-order valence-electron chi connectivity index (χ4n) is 1.95. The largest absolute Gasteiger partial charge is 0.324 e. The van der Waals surface area contributed by atoms with Crippen molar-refractivity contribution in [3.8, 4) is 0 Å². The molecule has 2 aromatic rings. The topological polar surface area (TPSA) is 66.7 Å². The third kappa shape index (κ3) is 2.59. The molecular formula is C14H14N4O. The molecule has 0 spiro atoms. The van der Waals surface area contributed by atoms with Crippen LogP contribution in [0.4, 0.5) is 5.69 Å². The molecule has 1 aromatic heterocycles. The summed E-state index contributed by atoms with van der Waals surface area (Å²) in [6, 6.07) is 9.60. The number of aromatic nitrogens is 1. The Hall–Kier alpha value is -2.30. The molecule has 0 bridgehead atoms. The van der Waals surface area contributed by atoms with Crippen LogP contribution < -0.4 is 5.32 Å². The van der Waals surface area contributed by atoms with Gasteiger partial charge in [0.05, 0.1) is 11.2 Å². The van der Waals surface area contributed by atoms with Crippen molar-refractivity contribution in [3.05, 3.63) is 36.5 Å². The molecule has 3 rings (SSSR count). The van der Waals surface area contributed by atoms with Crippen LogP contribution in [0.3, 0.4) is 0 Å². The van der Waals surface area contributed by atoms with E-state index in [2.05, 4.69) is 20.5 Å². The van der Waals surface area contributed by atoms with Crippen LogP contribution in [0.5, 0.6) is 0 Å². The number of hydrogen-bond acceptors (Lipinski definition) is 4. The second-order valence-electron chi connectivity index (χ2n) is 4.85. The Morgan fingerprint density at radius 2 is 2.05 bits per heavy atom. The second-order valence-corrected chi connectivity index (χ2v) is 4.85. The molecule has 0 unspecified atom stereocenters. The van der Waals surface area contributed by atoms with Gasteiger partial charge < -0.3 is 5.32 Å². The van der Waals surface area contributed by atoms with Crippen LogP contribution in [0.25, 0.3) is 10.9 Å². The Morgan fingerprint density at radius 1 is 1.26 bits per heavy atom. The van der Waals surface area contributed by atoms with Crippen molar-refractivity contribution in [3.63, 3.8) is 0 Å². The van der Waals surface area contributed by atoms with E-state index in [4.69, 9.17) is 0 Å². The van der Waals surface area contributed by atoms with Gasteiger partial charge in [-0.2, -0.15) is 10.2 Å². The Bertz CT molecular complexity index is 654. The highest BCUT2D eigenvalue weighted by Gasteiger charge is 2.33. The molecule has 2 heterocycles. The third-order valence-electron chi connectivity index (χ3n) is 3.17. The quantitative estimate of drug-likeness (QED) is 0.910. The molecule has 5 heteroatoms. The smallest absolute Gasteiger partial charge is 0.224 e. The molecule has 0 fully saturated rings. The van der Waals surface area contributed by atoms with E-state index in [0.29, 0.717) is 12.8 Å². The number of nitrogens with one attached hydrogen (secondary N) is 1. The minimum Gasteiger partial charge on any atom is -0.324 e. The van der Waals surface area contributed by atoms with E-state index in [0.717, 1.165) is 16.6 Å². The van der Waals surface area contributed by atoms with Gasteiger partial charge in [-0.05, 0) is 19.1 Å². The maximum atomic E-state index is 11.9. The fraction of sp³-hybridized carbons (Fsp3) is 0.286. The molecule has 1 aliphatic rings. The molecular weight excluding hydrogens is 240 g/mol. The number of anilines is 1. The van der Waals surface area contributed by atoms with Crippen LogP contribution in [-0.2, 0) is 4.79 Å². The van der Waals surface area contributed by atoms with Crippen LogP contribution in [-0.4, -0.2) is 16.6 Å². The summed E-state index contributed by atoms with van der Waals surface area (Å²) in [7, 11) is 0. The molecule has 5 nitrogen and oxygen atoms in total. The van der Waals surface area contributed by atoms with E-state index in [9.17, 15) is 4.79 Å². The monoisotopic (exact) mass is 254 g/mol. The van der Waals surface area contributed by atoms with E-state index in [1.807, 2.05) is 37.3 Å². The first-order valence-corrected chi connectivity index (χ1v) is 6.24. The van der Waals surface area contributed by atoms with Crippen molar-refractivity contribution in [2.75, 3.05) is 5.32 Å². The summed E-state index contributed by atoms with van der Waals surface area (Å²) >= 11 is 0. The molecule has 1 N–H and O–H groups in total. The van der Waals surface area contributed by atoms with Crippen molar-refractivity contribution in [1.82, 2.24) is 4.98 Å². The first kappa shape index (κ1) is 11.8. The standard InChI is InChI=1S/C14H14N4O/c1-14(17-18-14)8-7-12(19)16-11-6-2-4-10-5-3-9-15-13(10)11/h2-6,9H,7-8H2,1H3,(H,16,19). The summed E-state index contributed by atoms with van der Waals surface area (Å²) < 4.78 is 0. The second kappa shape index (κ2) is 4.42. The van der Waals surface area contributed by atoms with Gasteiger partial charge in [-0.15, -0.1) is 0 Å². The van der Waals surface area contributed by atoms with E-state index in [1.54, 1.807) is 6.20 Å². The van der Waals surface area contributed by atoms with Crippen molar-refractivity contribution in [1.29, 1.82) is 0 Å². The zero-order chi connectivity index (χ0) is 13.3. The van der Waals surface area contributed by atoms with Gasteiger partial charge in [0.1, 0.15) is 0 Å². The van der Waals surface area contributed by atoms with Gasteiger partial charge in [-0.3, -0.25) is 9.78 Å². The van der Waals surface area contributed by atoms with Crippen LogP contribution in [0.2, 0.25) is 0 Å². The van der Waals surface area contributed by atoms with E-state index < -0.39 is 0 Å². The molecule has 96 valence electrons. The number of benzene rings is 1. The number of fused-ring (bicyclic) bond motifs is 1. The van der Waals surface area contributed by atoms with Gasteiger partial charge in [0, 0.05) is 24.4 Å². The Balaban J connectivity index is 1.72. The highest BCUT2D eigenvalue weighted by Crippen LogP contribution is 2.32. The first-order valence-electron chi connectivity index (χ1n) is 6.24. The van der Waals surface area contributed by atoms with Crippen molar-refractivity contribution in [2.24, 2.45) is 10.2 Å². The molecule has 19 heavy (non-hydrogen) atoms. The minimum absolute atomic E-state index is 0.0309. The van der Waals surface area contributed by atoms with Crippen molar-refractivity contribution >= 4 is 22.5 Å². The number of para-hydroxylation sites is 1. The summed E-state index contributed by atoms with van der Waals surface area (Å²) in [6.07, 6.45) is 2.78. The average Bonchev–Trinajstić information content (AvgIpc) is 3.16. The summed E-state index contributed by atoms with van der Waals surface area (Å²) in [5, 5.41) is 11.7. The summed E-state index contributed by atoms with van der Waals surface area (Å²) in [5.41, 5.74) is 1.23. The first-order chi connectivity index (χ1) is 9.16. The Morgan fingerprint density at radius 3 is 2.84 bits per heavy atom. The Labute approximate surface area is 110 Å². The summed E-state index contributed by atoms with van der Waals surface area (Å²) in [6.45, 7) is 1.92. The molecule has 0 atom stereocenters. The maximum absolute atomic E-state index is 11.9.